The minimum absolute atomic E-state index is 0.282. The van der Waals surface area contributed by atoms with E-state index in [1.54, 1.807) is 0 Å². The second kappa shape index (κ2) is 8.03. The molecule has 0 aliphatic carbocycles. The fourth-order valence-corrected chi connectivity index (χ4v) is 2.15. The highest BCUT2D eigenvalue weighted by Gasteiger charge is 2.21. The number of nitrogens with zero attached hydrogens (tertiary/aromatic N) is 1. The molecular weight excluding hydrogens is 216 g/mol. The van der Waals surface area contributed by atoms with Crippen molar-refractivity contribution >= 4 is 0 Å². The number of rotatable bonds is 7. The van der Waals surface area contributed by atoms with Gasteiger partial charge < -0.3 is 15.2 Å². The Morgan fingerprint density at radius 3 is 2.82 bits per heavy atom. The Kier molecular flexibility index (Phi) is 7.04. The maximum Gasteiger partial charge on any atom is 0.0826 e. The molecule has 1 saturated heterocycles. The molecule has 4 heteroatoms. The Morgan fingerprint density at radius 2 is 2.18 bits per heavy atom. The Bertz CT molecular complexity index is 200. The quantitative estimate of drug-likeness (QED) is 0.692. The molecule has 0 saturated carbocycles. The molecule has 1 aliphatic heterocycles. The third kappa shape index (κ3) is 5.82. The van der Waals surface area contributed by atoms with E-state index in [0.29, 0.717) is 18.1 Å². The molecule has 0 aromatic carbocycles. The predicted molar refractivity (Wildman–Crippen MR) is 70.2 cm³/mol. The molecule has 1 rings (SSSR count). The summed E-state index contributed by atoms with van der Waals surface area (Å²) >= 11 is 0. The molecule has 1 fully saturated rings. The first-order valence-electron chi connectivity index (χ1n) is 6.80. The average molecular weight is 244 g/mol. The van der Waals surface area contributed by atoms with E-state index in [9.17, 15) is 0 Å². The van der Waals surface area contributed by atoms with E-state index in [4.69, 9.17) is 9.84 Å². The third-order valence-corrected chi connectivity index (χ3v) is 3.39. The first-order chi connectivity index (χ1) is 8.13. The molecule has 17 heavy (non-hydrogen) atoms. The minimum atomic E-state index is 0.282. The van der Waals surface area contributed by atoms with Gasteiger partial charge in [-0.3, -0.25) is 4.90 Å². The van der Waals surface area contributed by atoms with Crippen LogP contribution in [0.15, 0.2) is 0 Å². The smallest absolute Gasteiger partial charge is 0.0826 e. The summed E-state index contributed by atoms with van der Waals surface area (Å²) in [7, 11) is 0. The Labute approximate surface area is 105 Å². The van der Waals surface area contributed by atoms with Gasteiger partial charge in [-0.1, -0.05) is 6.92 Å². The van der Waals surface area contributed by atoms with E-state index in [1.807, 2.05) is 0 Å². The van der Waals surface area contributed by atoms with Gasteiger partial charge in [0.05, 0.1) is 12.7 Å². The molecule has 2 unspecified atom stereocenters. The largest absolute Gasteiger partial charge is 0.396 e. The van der Waals surface area contributed by atoms with E-state index in [1.165, 1.54) is 0 Å². The number of ether oxygens (including phenoxy) is 1. The van der Waals surface area contributed by atoms with Crippen LogP contribution in [0.5, 0.6) is 0 Å². The molecule has 1 aliphatic rings. The van der Waals surface area contributed by atoms with Gasteiger partial charge in [-0.05, 0) is 32.7 Å². The monoisotopic (exact) mass is 244 g/mol. The molecule has 0 radical (unpaired) electrons. The van der Waals surface area contributed by atoms with Crippen LogP contribution in [-0.2, 0) is 4.74 Å². The standard InChI is InChI=1S/C13H28N2O2/c1-11(2)15-5-7-17-13(10-15)9-14-8-12(3)4-6-16/h11-14,16H,4-10H2,1-3H3. The van der Waals surface area contributed by atoms with Crippen LogP contribution in [0.25, 0.3) is 0 Å². The van der Waals surface area contributed by atoms with E-state index in [2.05, 4.69) is 31.0 Å². The number of aliphatic hydroxyl groups excluding tert-OH is 1. The van der Waals surface area contributed by atoms with Crippen LogP contribution in [0, 0.1) is 5.92 Å². The van der Waals surface area contributed by atoms with Crippen LogP contribution in [0.2, 0.25) is 0 Å². The Balaban J connectivity index is 2.14. The summed E-state index contributed by atoms with van der Waals surface area (Å²) in [4.78, 5) is 2.47. The second-order valence-electron chi connectivity index (χ2n) is 5.36. The van der Waals surface area contributed by atoms with E-state index in [-0.39, 0.29) is 6.61 Å². The van der Waals surface area contributed by atoms with Crippen LogP contribution in [0.4, 0.5) is 0 Å². The molecule has 0 bridgehead atoms. The highest BCUT2D eigenvalue weighted by Crippen LogP contribution is 2.08. The van der Waals surface area contributed by atoms with Crippen LogP contribution in [-0.4, -0.2) is 61.5 Å². The van der Waals surface area contributed by atoms with Gasteiger partial charge in [-0.25, -0.2) is 0 Å². The maximum absolute atomic E-state index is 8.82. The first kappa shape index (κ1) is 14.9. The van der Waals surface area contributed by atoms with Crippen molar-refractivity contribution in [3.63, 3.8) is 0 Å². The van der Waals surface area contributed by atoms with Crippen LogP contribution < -0.4 is 5.32 Å². The molecule has 102 valence electrons. The summed E-state index contributed by atoms with van der Waals surface area (Å²) in [5.74, 6) is 0.532. The Hall–Kier alpha value is -0.160. The molecule has 0 aromatic heterocycles. The minimum Gasteiger partial charge on any atom is -0.396 e. The number of morpholine rings is 1. The molecular formula is C13H28N2O2. The molecule has 0 aromatic rings. The number of hydrogen-bond acceptors (Lipinski definition) is 4. The van der Waals surface area contributed by atoms with Crippen molar-refractivity contribution in [2.45, 2.75) is 39.3 Å². The lowest BCUT2D eigenvalue weighted by molar-refractivity contribution is -0.0373. The predicted octanol–water partition coefficient (Wildman–Crippen LogP) is 0.704. The zero-order valence-electron chi connectivity index (χ0n) is 11.5. The van der Waals surface area contributed by atoms with Crippen molar-refractivity contribution < 1.29 is 9.84 Å². The lowest BCUT2D eigenvalue weighted by atomic mass is 10.1. The molecule has 1 heterocycles. The molecule has 4 nitrogen and oxygen atoms in total. The van der Waals surface area contributed by atoms with Crippen molar-refractivity contribution in [1.82, 2.24) is 10.2 Å². The van der Waals surface area contributed by atoms with Gasteiger partial charge in [0.15, 0.2) is 0 Å². The van der Waals surface area contributed by atoms with Gasteiger partial charge in [-0.15, -0.1) is 0 Å². The summed E-state index contributed by atoms with van der Waals surface area (Å²) in [6, 6.07) is 0.606. The van der Waals surface area contributed by atoms with Crippen LogP contribution in [0.3, 0.4) is 0 Å². The summed E-state index contributed by atoms with van der Waals surface area (Å²) in [5, 5.41) is 12.3. The third-order valence-electron chi connectivity index (χ3n) is 3.39. The van der Waals surface area contributed by atoms with Crippen molar-refractivity contribution in [2.24, 2.45) is 5.92 Å². The summed E-state index contributed by atoms with van der Waals surface area (Å²) < 4.78 is 5.75. The molecule has 0 amide bonds. The second-order valence-corrected chi connectivity index (χ2v) is 5.36. The highest BCUT2D eigenvalue weighted by molar-refractivity contribution is 4.75. The molecule has 2 atom stereocenters. The lowest BCUT2D eigenvalue weighted by Gasteiger charge is -2.35. The van der Waals surface area contributed by atoms with Gasteiger partial charge in [0.25, 0.3) is 0 Å². The first-order valence-corrected chi connectivity index (χ1v) is 6.80. The van der Waals surface area contributed by atoms with E-state index >= 15 is 0 Å². The zero-order valence-corrected chi connectivity index (χ0v) is 11.5. The fraction of sp³-hybridized carbons (Fsp3) is 1.00. The number of nitrogens with one attached hydrogen (secondary N) is 1. The van der Waals surface area contributed by atoms with Gasteiger partial charge >= 0.3 is 0 Å². The Morgan fingerprint density at radius 1 is 1.41 bits per heavy atom. The van der Waals surface area contributed by atoms with Crippen molar-refractivity contribution in [3.05, 3.63) is 0 Å². The van der Waals surface area contributed by atoms with Crippen molar-refractivity contribution in [3.8, 4) is 0 Å². The maximum atomic E-state index is 8.82. The van der Waals surface area contributed by atoms with Crippen molar-refractivity contribution in [1.29, 1.82) is 0 Å². The van der Waals surface area contributed by atoms with Crippen LogP contribution in [0.1, 0.15) is 27.2 Å². The topological polar surface area (TPSA) is 44.7 Å². The highest BCUT2D eigenvalue weighted by atomic mass is 16.5. The van der Waals surface area contributed by atoms with E-state index < -0.39 is 0 Å². The molecule has 2 N–H and O–H groups in total. The summed E-state index contributed by atoms with van der Waals surface area (Å²) in [6.45, 7) is 11.7. The molecule has 0 spiro atoms. The SMILES string of the molecule is CC(CCO)CNCC1CN(C(C)C)CCO1. The summed E-state index contributed by atoms with van der Waals surface area (Å²) in [6.07, 6.45) is 1.18. The number of hydrogen-bond donors (Lipinski definition) is 2. The van der Waals surface area contributed by atoms with Gasteiger partial charge in [0.2, 0.25) is 0 Å². The van der Waals surface area contributed by atoms with E-state index in [0.717, 1.165) is 39.2 Å². The zero-order chi connectivity index (χ0) is 12.7. The van der Waals surface area contributed by atoms with Gasteiger partial charge in [0.1, 0.15) is 0 Å². The average Bonchev–Trinajstić information content (AvgIpc) is 2.30. The van der Waals surface area contributed by atoms with Gasteiger partial charge in [-0.2, -0.15) is 0 Å². The summed E-state index contributed by atoms with van der Waals surface area (Å²) in [5.41, 5.74) is 0. The fourth-order valence-electron chi connectivity index (χ4n) is 2.15. The number of aliphatic hydroxyl groups is 1. The van der Waals surface area contributed by atoms with Gasteiger partial charge in [0, 0.05) is 32.3 Å². The van der Waals surface area contributed by atoms with Crippen molar-refractivity contribution in [2.75, 3.05) is 39.4 Å². The normalized spacial score (nSPS) is 24.2. The van der Waals surface area contributed by atoms with Crippen LogP contribution >= 0.6 is 0 Å². The lowest BCUT2D eigenvalue weighted by Crippen LogP contribution is -2.49.